The SMILES string of the molecule is CCNC(=NCCc1coc(-c2ccc(F)cc2)n1)NC(C)CCS(C)(=O)=O.I. The van der Waals surface area contributed by atoms with E-state index in [4.69, 9.17) is 4.42 Å². The molecule has 0 amide bonds. The van der Waals surface area contributed by atoms with Gasteiger partial charge in [-0.3, -0.25) is 4.99 Å². The van der Waals surface area contributed by atoms with Gasteiger partial charge in [-0.05, 0) is 44.5 Å². The number of sulfone groups is 1. The summed E-state index contributed by atoms with van der Waals surface area (Å²) in [4.78, 5) is 8.91. The molecule has 2 N–H and O–H groups in total. The molecule has 0 radical (unpaired) electrons. The Morgan fingerprint density at radius 2 is 2.00 bits per heavy atom. The highest BCUT2D eigenvalue weighted by molar-refractivity contribution is 14.0. The molecule has 1 heterocycles. The lowest BCUT2D eigenvalue weighted by atomic mass is 10.2. The molecule has 162 valence electrons. The fraction of sp³-hybridized carbons (Fsp3) is 0.474. The molecule has 10 heteroatoms. The fourth-order valence-corrected chi connectivity index (χ4v) is 3.23. The van der Waals surface area contributed by atoms with Crippen LogP contribution in [0, 0.1) is 5.82 Å². The third-order valence-electron chi connectivity index (χ3n) is 3.93. The van der Waals surface area contributed by atoms with Gasteiger partial charge in [-0.15, -0.1) is 24.0 Å². The molecule has 0 spiro atoms. The molecule has 7 nitrogen and oxygen atoms in total. The lowest BCUT2D eigenvalue weighted by Gasteiger charge is -2.17. The van der Waals surface area contributed by atoms with E-state index in [0.717, 1.165) is 5.69 Å². The van der Waals surface area contributed by atoms with Gasteiger partial charge in [-0.2, -0.15) is 0 Å². The van der Waals surface area contributed by atoms with Gasteiger partial charge >= 0.3 is 0 Å². The summed E-state index contributed by atoms with van der Waals surface area (Å²) < 4.78 is 41.0. The lowest BCUT2D eigenvalue weighted by molar-refractivity contribution is 0.572. The molecule has 0 fully saturated rings. The Morgan fingerprint density at radius 1 is 1.31 bits per heavy atom. The largest absolute Gasteiger partial charge is 0.444 e. The van der Waals surface area contributed by atoms with Gasteiger partial charge in [0.05, 0.1) is 11.4 Å². The van der Waals surface area contributed by atoms with Gasteiger partial charge in [0, 0.05) is 37.4 Å². The van der Waals surface area contributed by atoms with Crippen molar-refractivity contribution in [3.05, 3.63) is 42.0 Å². The van der Waals surface area contributed by atoms with Crippen molar-refractivity contribution in [1.82, 2.24) is 15.6 Å². The monoisotopic (exact) mass is 538 g/mol. The van der Waals surface area contributed by atoms with Gasteiger partial charge in [-0.25, -0.2) is 17.8 Å². The number of halogens is 2. The summed E-state index contributed by atoms with van der Waals surface area (Å²) in [5.74, 6) is 0.898. The summed E-state index contributed by atoms with van der Waals surface area (Å²) in [7, 11) is -2.98. The Balaban J connectivity index is 0.00000420. The second-order valence-corrected chi connectivity index (χ2v) is 8.89. The van der Waals surface area contributed by atoms with Crippen LogP contribution in [0.3, 0.4) is 0 Å². The van der Waals surface area contributed by atoms with Crippen molar-refractivity contribution < 1.29 is 17.2 Å². The smallest absolute Gasteiger partial charge is 0.226 e. The van der Waals surface area contributed by atoms with E-state index >= 15 is 0 Å². The third kappa shape index (κ3) is 9.57. The zero-order chi connectivity index (χ0) is 20.6. The summed E-state index contributed by atoms with van der Waals surface area (Å²) >= 11 is 0. The van der Waals surface area contributed by atoms with E-state index in [-0.39, 0.29) is 41.6 Å². The number of guanidine groups is 1. The van der Waals surface area contributed by atoms with Crippen LogP contribution in [-0.2, 0) is 16.3 Å². The first-order valence-electron chi connectivity index (χ1n) is 9.19. The van der Waals surface area contributed by atoms with Crippen LogP contribution >= 0.6 is 24.0 Å². The van der Waals surface area contributed by atoms with Gasteiger partial charge in [0.15, 0.2) is 5.96 Å². The molecule has 0 bridgehead atoms. The predicted molar refractivity (Wildman–Crippen MR) is 124 cm³/mol. The average Bonchev–Trinajstić information content (AvgIpc) is 3.09. The molecule has 0 saturated heterocycles. The number of aromatic nitrogens is 1. The zero-order valence-electron chi connectivity index (χ0n) is 16.8. The molecule has 0 saturated carbocycles. The molecular formula is C19H28FIN4O3S. The normalized spacial score (nSPS) is 12.9. The number of rotatable bonds is 9. The van der Waals surface area contributed by atoms with Crippen LogP contribution in [0.15, 0.2) is 39.9 Å². The minimum Gasteiger partial charge on any atom is -0.444 e. The minimum absolute atomic E-state index is 0. The van der Waals surface area contributed by atoms with Crippen LogP contribution in [0.2, 0.25) is 0 Å². The van der Waals surface area contributed by atoms with Crippen LogP contribution in [0.4, 0.5) is 4.39 Å². The van der Waals surface area contributed by atoms with Crippen molar-refractivity contribution in [2.24, 2.45) is 4.99 Å². The van der Waals surface area contributed by atoms with Crippen LogP contribution in [0.1, 0.15) is 26.0 Å². The molecule has 0 aliphatic carbocycles. The molecule has 1 aromatic carbocycles. The standard InChI is InChI=1S/C19H27FN4O3S.HI/c1-4-21-19(23-14(2)10-12-28(3,25)26)22-11-9-17-13-27-18(24-17)15-5-7-16(20)8-6-15;/h5-8,13-14H,4,9-12H2,1-3H3,(H2,21,22,23);1H. The Labute approximate surface area is 188 Å². The predicted octanol–water partition coefficient (Wildman–Crippen LogP) is 3.02. The van der Waals surface area contributed by atoms with E-state index in [2.05, 4.69) is 20.6 Å². The first kappa shape index (κ1) is 25.3. The highest BCUT2D eigenvalue weighted by atomic mass is 127. The van der Waals surface area contributed by atoms with E-state index in [1.165, 1.54) is 18.4 Å². The van der Waals surface area contributed by atoms with Gasteiger partial charge in [0.1, 0.15) is 21.9 Å². The molecule has 1 atom stereocenters. The maximum Gasteiger partial charge on any atom is 0.226 e. The Kier molecular flexibility index (Phi) is 10.6. The molecule has 1 unspecified atom stereocenters. The summed E-state index contributed by atoms with van der Waals surface area (Å²) in [5.41, 5.74) is 1.47. The van der Waals surface area contributed by atoms with Gasteiger partial charge in [-0.1, -0.05) is 0 Å². The number of benzene rings is 1. The number of aliphatic imine (C=N–C) groups is 1. The van der Waals surface area contributed by atoms with Gasteiger partial charge < -0.3 is 15.1 Å². The van der Waals surface area contributed by atoms with Crippen LogP contribution in [0.25, 0.3) is 11.5 Å². The van der Waals surface area contributed by atoms with Gasteiger partial charge in [0.25, 0.3) is 0 Å². The van der Waals surface area contributed by atoms with Crippen molar-refractivity contribution in [1.29, 1.82) is 0 Å². The summed E-state index contributed by atoms with van der Waals surface area (Å²) in [6, 6.07) is 5.94. The average molecular weight is 538 g/mol. The molecule has 0 aliphatic rings. The summed E-state index contributed by atoms with van der Waals surface area (Å²) in [6.45, 7) is 5.07. The summed E-state index contributed by atoms with van der Waals surface area (Å²) in [6.07, 6.45) is 3.90. The maximum absolute atomic E-state index is 13.0. The zero-order valence-corrected chi connectivity index (χ0v) is 20.0. The van der Waals surface area contributed by atoms with Crippen molar-refractivity contribution in [3.8, 4) is 11.5 Å². The molecule has 2 aromatic rings. The van der Waals surface area contributed by atoms with Crippen LogP contribution in [0.5, 0.6) is 0 Å². The highest BCUT2D eigenvalue weighted by Crippen LogP contribution is 2.19. The van der Waals surface area contributed by atoms with Crippen molar-refractivity contribution in [2.75, 3.05) is 25.1 Å². The fourth-order valence-electron chi connectivity index (χ4n) is 2.45. The van der Waals surface area contributed by atoms with Crippen LogP contribution < -0.4 is 10.6 Å². The van der Waals surface area contributed by atoms with Crippen LogP contribution in [-0.4, -0.2) is 50.5 Å². The first-order chi connectivity index (χ1) is 13.3. The maximum atomic E-state index is 13.0. The molecule has 1 aromatic heterocycles. The molecule has 0 aliphatic heterocycles. The quantitative estimate of drug-likeness (QED) is 0.290. The Hall–Kier alpha value is -1.69. The second-order valence-electron chi connectivity index (χ2n) is 6.63. The van der Waals surface area contributed by atoms with Gasteiger partial charge in [0.2, 0.25) is 5.89 Å². The van der Waals surface area contributed by atoms with Crippen molar-refractivity contribution in [2.45, 2.75) is 32.7 Å². The molecule has 29 heavy (non-hydrogen) atoms. The minimum atomic E-state index is -2.98. The molecule has 2 rings (SSSR count). The first-order valence-corrected chi connectivity index (χ1v) is 11.3. The number of nitrogens with one attached hydrogen (secondary N) is 2. The van der Waals surface area contributed by atoms with E-state index in [1.54, 1.807) is 18.4 Å². The van der Waals surface area contributed by atoms with Crippen molar-refractivity contribution in [3.63, 3.8) is 0 Å². The number of hydrogen-bond donors (Lipinski definition) is 2. The highest BCUT2D eigenvalue weighted by Gasteiger charge is 2.10. The summed E-state index contributed by atoms with van der Waals surface area (Å²) in [5, 5.41) is 6.35. The van der Waals surface area contributed by atoms with E-state index in [0.29, 0.717) is 43.3 Å². The van der Waals surface area contributed by atoms with E-state index in [1.807, 2.05) is 13.8 Å². The van der Waals surface area contributed by atoms with Crippen molar-refractivity contribution >= 4 is 39.8 Å². The number of oxazole rings is 1. The number of nitrogens with zero attached hydrogens (tertiary/aromatic N) is 2. The lowest BCUT2D eigenvalue weighted by Crippen LogP contribution is -2.43. The third-order valence-corrected chi connectivity index (χ3v) is 4.91. The second kappa shape index (κ2) is 12.1. The molecular weight excluding hydrogens is 510 g/mol. The Morgan fingerprint density at radius 3 is 2.62 bits per heavy atom. The number of hydrogen-bond acceptors (Lipinski definition) is 5. The van der Waals surface area contributed by atoms with E-state index < -0.39 is 9.84 Å². The Bertz CT molecular complexity index is 885. The topological polar surface area (TPSA) is 96.6 Å². The van der Waals surface area contributed by atoms with E-state index in [9.17, 15) is 12.8 Å².